The molecular weight excluding hydrogens is 236 g/mol. The van der Waals surface area contributed by atoms with E-state index >= 15 is 0 Å². The first kappa shape index (κ1) is 12.8. The van der Waals surface area contributed by atoms with Gasteiger partial charge in [0.2, 0.25) is 0 Å². The third-order valence-corrected chi connectivity index (χ3v) is 3.01. The molecule has 1 aliphatic heterocycles. The number of rotatable bonds is 4. The molecule has 98 valence electrons. The summed E-state index contributed by atoms with van der Waals surface area (Å²) in [6, 6.07) is 4.77. The monoisotopic (exact) mass is 252 g/mol. The van der Waals surface area contributed by atoms with Gasteiger partial charge in [-0.3, -0.25) is 10.1 Å². The molecule has 6 nitrogen and oxygen atoms in total. The SMILES string of the molecule is Nc1c(COC2CCOCC2)cccc1[N+](=O)[O-]. The van der Waals surface area contributed by atoms with Crippen molar-refractivity contribution in [2.24, 2.45) is 0 Å². The first-order valence-corrected chi connectivity index (χ1v) is 5.89. The molecule has 18 heavy (non-hydrogen) atoms. The lowest BCUT2D eigenvalue weighted by molar-refractivity contribution is -0.384. The zero-order valence-electron chi connectivity index (χ0n) is 10.0. The number of ether oxygens (including phenoxy) is 2. The summed E-state index contributed by atoms with van der Waals surface area (Å²) >= 11 is 0. The minimum absolute atomic E-state index is 0.0666. The fraction of sp³-hybridized carbons (Fsp3) is 0.500. The Morgan fingerprint density at radius 1 is 1.44 bits per heavy atom. The molecule has 0 bridgehead atoms. The second-order valence-electron chi connectivity index (χ2n) is 4.23. The predicted octanol–water partition coefficient (Wildman–Crippen LogP) is 1.87. The van der Waals surface area contributed by atoms with E-state index < -0.39 is 4.92 Å². The maximum Gasteiger partial charge on any atom is 0.292 e. The van der Waals surface area contributed by atoms with E-state index in [0.717, 1.165) is 12.8 Å². The van der Waals surface area contributed by atoms with Crippen molar-refractivity contribution in [1.82, 2.24) is 0 Å². The van der Waals surface area contributed by atoms with Gasteiger partial charge >= 0.3 is 0 Å². The Morgan fingerprint density at radius 2 is 2.17 bits per heavy atom. The summed E-state index contributed by atoms with van der Waals surface area (Å²) in [6.45, 7) is 1.71. The first-order valence-electron chi connectivity index (χ1n) is 5.89. The van der Waals surface area contributed by atoms with Crippen molar-refractivity contribution in [3.63, 3.8) is 0 Å². The summed E-state index contributed by atoms with van der Waals surface area (Å²) in [4.78, 5) is 10.3. The summed E-state index contributed by atoms with van der Waals surface area (Å²) in [5.41, 5.74) is 6.54. The Hall–Kier alpha value is -1.66. The van der Waals surface area contributed by atoms with Crippen LogP contribution in [-0.4, -0.2) is 24.2 Å². The van der Waals surface area contributed by atoms with Gasteiger partial charge in [0.25, 0.3) is 5.69 Å². The van der Waals surface area contributed by atoms with E-state index in [4.69, 9.17) is 15.2 Å². The van der Waals surface area contributed by atoms with Crippen LogP contribution in [0.25, 0.3) is 0 Å². The van der Waals surface area contributed by atoms with E-state index in [-0.39, 0.29) is 17.5 Å². The summed E-state index contributed by atoms with van der Waals surface area (Å²) in [7, 11) is 0. The van der Waals surface area contributed by atoms with Crippen molar-refractivity contribution in [3.05, 3.63) is 33.9 Å². The highest BCUT2D eigenvalue weighted by atomic mass is 16.6. The molecule has 0 atom stereocenters. The third kappa shape index (κ3) is 2.96. The van der Waals surface area contributed by atoms with Crippen molar-refractivity contribution in [2.45, 2.75) is 25.6 Å². The molecule has 0 radical (unpaired) electrons. The quantitative estimate of drug-likeness (QED) is 0.502. The second-order valence-corrected chi connectivity index (χ2v) is 4.23. The molecule has 1 aromatic carbocycles. The van der Waals surface area contributed by atoms with Gasteiger partial charge in [0.15, 0.2) is 0 Å². The Morgan fingerprint density at radius 3 is 2.83 bits per heavy atom. The van der Waals surface area contributed by atoms with Crippen LogP contribution < -0.4 is 5.73 Å². The lowest BCUT2D eigenvalue weighted by Gasteiger charge is -2.22. The molecule has 0 aromatic heterocycles. The normalized spacial score (nSPS) is 16.7. The molecule has 1 aliphatic rings. The van der Waals surface area contributed by atoms with Crippen LogP contribution in [0.4, 0.5) is 11.4 Å². The van der Waals surface area contributed by atoms with Crippen molar-refractivity contribution in [1.29, 1.82) is 0 Å². The molecule has 0 unspecified atom stereocenters. The average molecular weight is 252 g/mol. The number of nitro groups is 1. The number of nitrogens with zero attached hydrogens (tertiary/aromatic N) is 1. The van der Waals surface area contributed by atoms with Gasteiger partial charge in [0.05, 0.1) is 17.6 Å². The number of benzene rings is 1. The molecule has 1 heterocycles. The van der Waals surface area contributed by atoms with Crippen LogP contribution in [0.3, 0.4) is 0 Å². The average Bonchev–Trinajstić information content (AvgIpc) is 2.38. The van der Waals surface area contributed by atoms with E-state index in [9.17, 15) is 10.1 Å². The van der Waals surface area contributed by atoms with Gasteiger partial charge in [-0.05, 0) is 12.8 Å². The lowest BCUT2D eigenvalue weighted by Crippen LogP contribution is -2.23. The van der Waals surface area contributed by atoms with Gasteiger partial charge in [-0.25, -0.2) is 0 Å². The number of nitro benzene ring substituents is 1. The van der Waals surface area contributed by atoms with E-state index in [1.165, 1.54) is 6.07 Å². The maximum atomic E-state index is 10.7. The summed E-state index contributed by atoms with van der Waals surface area (Å²) in [6.07, 6.45) is 1.86. The highest BCUT2D eigenvalue weighted by molar-refractivity contribution is 5.62. The van der Waals surface area contributed by atoms with Crippen LogP contribution in [-0.2, 0) is 16.1 Å². The van der Waals surface area contributed by atoms with Gasteiger partial charge in [0, 0.05) is 24.8 Å². The van der Waals surface area contributed by atoms with Crippen LogP contribution in [0.2, 0.25) is 0 Å². The number of nitrogen functional groups attached to an aromatic ring is 1. The minimum atomic E-state index is -0.479. The smallest absolute Gasteiger partial charge is 0.292 e. The number of hydrogen-bond acceptors (Lipinski definition) is 5. The standard InChI is InChI=1S/C12H16N2O4/c13-12-9(2-1-3-11(12)14(15)16)8-18-10-4-6-17-7-5-10/h1-3,10H,4-8,13H2. The van der Waals surface area contributed by atoms with Gasteiger partial charge in [-0.2, -0.15) is 0 Å². The Balaban J connectivity index is 2.00. The zero-order chi connectivity index (χ0) is 13.0. The van der Waals surface area contributed by atoms with E-state index in [1.807, 2.05) is 0 Å². The van der Waals surface area contributed by atoms with Crippen molar-refractivity contribution in [2.75, 3.05) is 18.9 Å². The predicted molar refractivity (Wildman–Crippen MR) is 66.1 cm³/mol. The Bertz CT molecular complexity index is 430. The molecule has 1 aromatic rings. The Kier molecular flexibility index (Phi) is 4.11. The topological polar surface area (TPSA) is 87.6 Å². The van der Waals surface area contributed by atoms with Crippen molar-refractivity contribution in [3.8, 4) is 0 Å². The number of nitrogens with two attached hydrogens (primary N) is 1. The van der Waals surface area contributed by atoms with Crippen LogP contribution in [0.15, 0.2) is 18.2 Å². The first-order chi connectivity index (χ1) is 8.68. The molecule has 2 N–H and O–H groups in total. The molecule has 0 amide bonds. The summed E-state index contributed by atoms with van der Waals surface area (Å²) in [5, 5.41) is 10.7. The van der Waals surface area contributed by atoms with Gasteiger partial charge in [-0.1, -0.05) is 12.1 Å². The van der Waals surface area contributed by atoms with E-state index in [2.05, 4.69) is 0 Å². The zero-order valence-corrected chi connectivity index (χ0v) is 10.0. The highest BCUT2D eigenvalue weighted by Crippen LogP contribution is 2.26. The van der Waals surface area contributed by atoms with Crippen molar-refractivity contribution >= 4 is 11.4 Å². The molecule has 6 heteroatoms. The largest absolute Gasteiger partial charge is 0.393 e. The maximum absolute atomic E-state index is 10.7. The molecule has 0 saturated carbocycles. The molecular formula is C12H16N2O4. The molecule has 1 fully saturated rings. The lowest BCUT2D eigenvalue weighted by atomic mass is 10.1. The fourth-order valence-electron chi connectivity index (χ4n) is 1.93. The molecule has 2 rings (SSSR count). The molecule has 1 saturated heterocycles. The summed E-state index contributed by atoms with van der Waals surface area (Å²) < 4.78 is 10.9. The van der Waals surface area contributed by atoms with Gasteiger partial charge in [-0.15, -0.1) is 0 Å². The van der Waals surface area contributed by atoms with Crippen LogP contribution in [0.5, 0.6) is 0 Å². The van der Waals surface area contributed by atoms with Gasteiger partial charge in [0.1, 0.15) is 5.69 Å². The molecule has 0 spiro atoms. The van der Waals surface area contributed by atoms with Crippen LogP contribution in [0.1, 0.15) is 18.4 Å². The number of anilines is 1. The third-order valence-electron chi connectivity index (χ3n) is 3.01. The highest BCUT2D eigenvalue weighted by Gasteiger charge is 2.17. The second kappa shape index (κ2) is 5.79. The minimum Gasteiger partial charge on any atom is -0.393 e. The summed E-state index contributed by atoms with van der Waals surface area (Å²) in [5.74, 6) is 0. The fourth-order valence-corrected chi connectivity index (χ4v) is 1.93. The van der Waals surface area contributed by atoms with Gasteiger partial charge < -0.3 is 15.2 Å². The molecule has 0 aliphatic carbocycles. The van der Waals surface area contributed by atoms with E-state index in [0.29, 0.717) is 25.4 Å². The number of hydrogen-bond donors (Lipinski definition) is 1. The number of para-hydroxylation sites is 1. The van der Waals surface area contributed by atoms with Crippen LogP contribution >= 0.6 is 0 Å². The van der Waals surface area contributed by atoms with Crippen molar-refractivity contribution < 1.29 is 14.4 Å². The van der Waals surface area contributed by atoms with Crippen LogP contribution in [0, 0.1) is 10.1 Å². The van der Waals surface area contributed by atoms with E-state index in [1.54, 1.807) is 12.1 Å². The Labute approximate surface area is 105 Å².